The maximum Gasteiger partial charge on any atom is 0.277 e. The lowest BCUT2D eigenvalue weighted by molar-refractivity contribution is -0.383. The molecule has 3 aliphatic carbocycles. The number of amides is 2. The van der Waals surface area contributed by atoms with Crippen LogP contribution in [-0.2, 0) is 9.59 Å². The van der Waals surface area contributed by atoms with Gasteiger partial charge in [0.15, 0.2) is 0 Å². The third kappa shape index (κ3) is 2.25. The number of nitro benzene ring substituents is 1. The molecule has 6 heteroatoms. The zero-order chi connectivity index (χ0) is 18.7. The molecule has 1 heterocycles. The molecule has 3 saturated carbocycles. The SMILES string of the molecule is O=C1[C@@H]2C3CCCC(CC3)[C@@H]2C(=O)N1c1ccc([N+](=O)[O-])c2ccccc12. The summed E-state index contributed by atoms with van der Waals surface area (Å²) in [6, 6.07) is 9.90. The van der Waals surface area contributed by atoms with Crippen LogP contribution in [-0.4, -0.2) is 16.7 Å². The lowest BCUT2D eigenvalue weighted by Gasteiger charge is -2.32. The second-order valence-corrected chi connectivity index (χ2v) is 8.00. The lowest BCUT2D eigenvalue weighted by atomic mass is 9.69. The number of hydrogen-bond acceptors (Lipinski definition) is 4. The summed E-state index contributed by atoms with van der Waals surface area (Å²) in [5.74, 6) is -0.0688. The van der Waals surface area contributed by atoms with Crippen LogP contribution in [0.2, 0.25) is 0 Å². The van der Waals surface area contributed by atoms with Crippen LogP contribution in [0.15, 0.2) is 36.4 Å². The average molecular weight is 364 g/mol. The molecule has 6 nitrogen and oxygen atoms in total. The van der Waals surface area contributed by atoms with E-state index in [2.05, 4.69) is 0 Å². The molecule has 2 aromatic rings. The van der Waals surface area contributed by atoms with E-state index in [9.17, 15) is 19.7 Å². The monoisotopic (exact) mass is 364 g/mol. The Balaban J connectivity index is 1.66. The average Bonchev–Trinajstić information content (AvgIpc) is 2.87. The van der Waals surface area contributed by atoms with E-state index >= 15 is 0 Å². The van der Waals surface area contributed by atoms with Gasteiger partial charge < -0.3 is 0 Å². The van der Waals surface area contributed by atoms with Crippen molar-refractivity contribution in [1.29, 1.82) is 0 Å². The summed E-state index contributed by atoms with van der Waals surface area (Å²) in [6.45, 7) is 0. The summed E-state index contributed by atoms with van der Waals surface area (Å²) >= 11 is 0. The van der Waals surface area contributed by atoms with Gasteiger partial charge in [-0.1, -0.05) is 24.6 Å². The van der Waals surface area contributed by atoms with Crippen LogP contribution in [0, 0.1) is 33.8 Å². The van der Waals surface area contributed by atoms with Gasteiger partial charge in [0.05, 0.1) is 27.8 Å². The van der Waals surface area contributed by atoms with E-state index in [-0.39, 0.29) is 29.3 Å². The minimum absolute atomic E-state index is 0.0114. The zero-order valence-electron chi connectivity index (χ0n) is 14.8. The number of anilines is 1. The molecule has 138 valence electrons. The summed E-state index contributed by atoms with van der Waals surface area (Å²) in [6.07, 6.45) is 5.19. The first-order valence-electron chi connectivity index (χ1n) is 9.62. The summed E-state index contributed by atoms with van der Waals surface area (Å²) in [4.78, 5) is 38.9. The van der Waals surface area contributed by atoms with Crippen LogP contribution in [0.4, 0.5) is 11.4 Å². The van der Waals surface area contributed by atoms with Crippen molar-refractivity contribution in [3.63, 3.8) is 0 Å². The minimum atomic E-state index is -0.427. The number of nitrogens with zero attached hydrogens (tertiary/aromatic N) is 2. The first-order valence-corrected chi connectivity index (χ1v) is 9.62. The molecule has 2 aromatic carbocycles. The highest BCUT2D eigenvalue weighted by Gasteiger charge is 2.57. The maximum atomic E-state index is 13.3. The van der Waals surface area contributed by atoms with Gasteiger partial charge in [-0.05, 0) is 49.7 Å². The van der Waals surface area contributed by atoms with Gasteiger partial charge in [-0.15, -0.1) is 0 Å². The van der Waals surface area contributed by atoms with Crippen molar-refractivity contribution in [2.24, 2.45) is 23.7 Å². The smallest absolute Gasteiger partial charge is 0.274 e. The Morgan fingerprint density at radius 2 is 1.44 bits per heavy atom. The molecule has 0 aromatic heterocycles. The Bertz CT molecular complexity index is 951. The van der Waals surface area contributed by atoms with Crippen LogP contribution in [0.1, 0.15) is 32.1 Å². The van der Waals surface area contributed by atoms with Crippen LogP contribution < -0.4 is 4.90 Å². The molecule has 1 saturated heterocycles. The maximum absolute atomic E-state index is 13.3. The van der Waals surface area contributed by atoms with E-state index in [4.69, 9.17) is 0 Å². The summed E-state index contributed by atoms with van der Waals surface area (Å²) in [7, 11) is 0. The van der Waals surface area contributed by atoms with Gasteiger partial charge in [0.25, 0.3) is 5.69 Å². The molecule has 2 unspecified atom stereocenters. The van der Waals surface area contributed by atoms with Gasteiger partial charge in [-0.2, -0.15) is 0 Å². The molecule has 1 aliphatic heterocycles. The highest BCUT2D eigenvalue weighted by atomic mass is 16.6. The van der Waals surface area contributed by atoms with Gasteiger partial charge in [0.1, 0.15) is 0 Å². The fourth-order valence-electron chi connectivity index (χ4n) is 5.64. The van der Waals surface area contributed by atoms with Gasteiger partial charge >= 0.3 is 0 Å². The quantitative estimate of drug-likeness (QED) is 0.457. The van der Waals surface area contributed by atoms with Gasteiger partial charge in [0, 0.05) is 11.5 Å². The third-order valence-electron chi connectivity index (χ3n) is 6.79. The summed E-state index contributed by atoms with van der Waals surface area (Å²) < 4.78 is 0. The normalized spacial score (nSPS) is 29.9. The van der Waals surface area contributed by atoms with Crippen molar-refractivity contribution >= 4 is 34.0 Å². The lowest BCUT2D eigenvalue weighted by Crippen LogP contribution is -2.34. The number of fused-ring (bicyclic) bond motifs is 4. The number of carbonyl (C=O) groups excluding carboxylic acids is 2. The van der Waals surface area contributed by atoms with E-state index in [1.807, 2.05) is 0 Å². The number of nitro groups is 1. The van der Waals surface area contributed by atoms with E-state index in [1.54, 1.807) is 30.3 Å². The number of hydrogen-bond donors (Lipinski definition) is 0. The number of rotatable bonds is 2. The first-order chi connectivity index (χ1) is 13.1. The third-order valence-corrected chi connectivity index (χ3v) is 6.79. The van der Waals surface area contributed by atoms with Gasteiger partial charge in [-0.25, -0.2) is 4.90 Å². The topological polar surface area (TPSA) is 80.5 Å². The van der Waals surface area contributed by atoms with E-state index in [0.29, 0.717) is 28.3 Å². The van der Waals surface area contributed by atoms with Gasteiger partial charge in [-0.3, -0.25) is 19.7 Å². The zero-order valence-corrected chi connectivity index (χ0v) is 14.8. The van der Waals surface area contributed by atoms with Crippen molar-refractivity contribution in [2.45, 2.75) is 32.1 Å². The molecule has 4 atom stereocenters. The molecule has 4 aliphatic rings. The van der Waals surface area contributed by atoms with Crippen molar-refractivity contribution in [1.82, 2.24) is 0 Å². The Labute approximate surface area is 156 Å². The Morgan fingerprint density at radius 3 is 2.04 bits per heavy atom. The summed E-state index contributed by atoms with van der Waals surface area (Å²) in [5.41, 5.74) is 0.474. The molecule has 2 amide bonds. The van der Waals surface area contributed by atoms with Crippen molar-refractivity contribution < 1.29 is 14.5 Å². The minimum Gasteiger partial charge on any atom is -0.274 e. The van der Waals surface area contributed by atoms with E-state index in [0.717, 1.165) is 32.1 Å². The molecule has 0 spiro atoms. The molecule has 0 radical (unpaired) electrons. The highest BCUT2D eigenvalue weighted by molar-refractivity contribution is 6.25. The molecule has 2 bridgehead atoms. The number of non-ortho nitro benzene ring substituents is 1. The fraction of sp³-hybridized carbons (Fsp3) is 0.429. The van der Waals surface area contributed by atoms with Crippen LogP contribution in [0.5, 0.6) is 0 Å². The number of imide groups is 1. The molecule has 27 heavy (non-hydrogen) atoms. The molecular formula is C21H20N2O4. The first kappa shape index (κ1) is 16.4. The Hall–Kier alpha value is -2.76. The van der Waals surface area contributed by atoms with E-state index < -0.39 is 4.92 Å². The predicted octanol–water partition coefficient (Wildman–Crippen LogP) is 4.06. The second-order valence-electron chi connectivity index (χ2n) is 8.00. The molecule has 0 N–H and O–H groups in total. The predicted molar refractivity (Wildman–Crippen MR) is 100 cm³/mol. The molecular weight excluding hydrogens is 344 g/mol. The van der Waals surface area contributed by atoms with Crippen LogP contribution in [0.25, 0.3) is 10.8 Å². The largest absolute Gasteiger partial charge is 0.277 e. The van der Waals surface area contributed by atoms with Crippen molar-refractivity contribution in [3.8, 4) is 0 Å². The highest BCUT2D eigenvalue weighted by Crippen LogP contribution is 2.52. The fourth-order valence-corrected chi connectivity index (χ4v) is 5.64. The van der Waals surface area contributed by atoms with Gasteiger partial charge in [0.2, 0.25) is 11.8 Å². The van der Waals surface area contributed by atoms with Crippen LogP contribution >= 0.6 is 0 Å². The Kier molecular flexibility index (Phi) is 3.57. The van der Waals surface area contributed by atoms with Crippen molar-refractivity contribution in [3.05, 3.63) is 46.5 Å². The van der Waals surface area contributed by atoms with Crippen molar-refractivity contribution in [2.75, 3.05) is 4.90 Å². The number of carbonyl (C=O) groups is 2. The van der Waals surface area contributed by atoms with Crippen LogP contribution in [0.3, 0.4) is 0 Å². The Morgan fingerprint density at radius 1 is 0.852 bits per heavy atom. The molecule has 6 rings (SSSR count). The van der Waals surface area contributed by atoms with E-state index in [1.165, 1.54) is 11.0 Å². The molecule has 4 fully saturated rings. The standard InChI is InChI=1S/C21H20N2O4/c24-20-18-12-4-3-5-13(9-8-12)19(18)21(25)22(20)16-10-11-17(23(26)27)15-7-2-1-6-14(15)16/h1-2,6-7,10-13,18-19H,3-5,8-9H2/t12?,13?,18-,19+. The summed E-state index contributed by atoms with van der Waals surface area (Å²) in [5, 5.41) is 12.4. The second kappa shape index (κ2) is 5.87. The number of benzene rings is 2.